The van der Waals surface area contributed by atoms with Crippen LogP contribution in [0.1, 0.15) is 24.2 Å². The van der Waals surface area contributed by atoms with Crippen LogP contribution in [0.4, 0.5) is 4.79 Å². The van der Waals surface area contributed by atoms with Gasteiger partial charge in [-0.25, -0.2) is 14.4 Å². The van der Waals surface area contributed by atoms with Gasteiger partial charge in [-0.3, -0.25) is 0 Å². The average molecular weight is 353 g/mol. The van der Waals surface area contributed by atoms with Crippen molar-refractivity contribution < 1.29 is 23.9 Å². The number of rotatable bonds is 5. The molecule has 1 aliphatic heterocycles. The molecule has 1 aliphatic rings. The quantitative estimate of drug-likeness (QED) is 0.791. The van der Waals surface area contributed by atoms with E-state index in [1.54, 1.807) is 32.0 Å². The number of amides is 2. The molecule has 1 atom stereocenters. The van der Waals surface area contributed by atoms with Crippen molar-refractivity contribution in [2.75, 3.05) is 13.2 Å². The van der Waals surface area contributed by atoms with Crippen molar-refractivity contribution in [3.63, 3.8) is 0 Å². The Hall–Kier alpha value is -2.54. The van der Waals surface area contributed by atoms with Crippen molar-refractivity contribution in [2.45, 2.75) is 19.9 Å². The van der Waals surface area contributed by atoms with Gasteiger partial charge in [0.1, 0.15) is 6.61 Å². The van der Waals surface area contributed by atoms with Crippen LogP contribution < -0.4 is 10.6 Å². The minimum atomic E-state index is -0.617. The summed E-state index contributed by atoms with van der Waals surface area (Å²) in [5.74, 6) is -1.19. The molecule has 1 aromatic carbocycles. The summed E-state index contributed by atoms with van der Waals surface area (Å²) in [6.45, 7) is 3.25. The minimum absolute atomic E-state index is 0.193. The molecule has 0 saturated heterocycles. The Kier molecular flexibility index (Phi) is 5.81. The number of halogens is 1. The second-order valence-corrected chi connectivity index (χ2v) is 5.46. The number of hydrogen-bond acceptors (Lipinski definition) is 5. The molecular weight excluding hydrogens is 336 g/mol. The van der Waals surface area contributed by atoms with E-state index in [0.29, 0.717) is 5.02 Å². The van der Waals surface area contributed by atoms with Gasteiger partial charge in [0.05, 0.1) is 29.5 Å². The first-order valence-corrected chi connectivity index (χ1v) is 7.70. The van der Waals surface area contributed by atoms with E-state index in [4.69, 9.17) is 21.1 Å². The molecular formula is C16H17ClN2O5. The predicted octanol–water partition coefficient (Wildman–Crippen LogP) is 2.02. The van der Waals surface area contributed by atoms with Gasteiger partial charge < -0.3 is 20.1 Å². The van der Waals surface area contributed by atoms with E-state index >= 15 is 0 Å². The third kappa shape index (κ3) is 4.26. The second-order valence-electron chi connectivity index (χ2n) is 5.02. The lowest BCUT2D eigenvalue weighted by Crippen LogP contribution is -2.50. The van der Waals surface area contributed by atoms with Crippen LogP contribution in [-0.2, 0) is 14.3 Å². The van der Waals surface area contributed by atoms with Gasteiger partial charge in [-0.2, -0.15) is 0 Å². The molecule has 8 heteroatoms. The zero-order valence-corrected chi connectivity index (χ0v) is 14.0. The van der Waals surface area contributed by atoms with Gasteiger partial charge in [-0.05, 0) is 32.0 Å². The summed E-state index contributed by atoms with van der Waals surface area (Å²) in [4.78, 5) is 35.7. The van der Waals surface area contributed by atoms with E-state index in [0.717, 1.165) is 0 Å². The number of carbonyl (C=O) groups excluding carboxylic acids is 3. The van der Waals surface area contributed by atoms with Crippen LogP contribution in [0.5, 0.6) is 0 Å². The molecule has 0 bridgehead atoms. The zero-order valence-electron chi connectivity index (χ0n) is 13.2. The Morgan fingerprint density at radius 1 is 1.25 bits per heavy atom. The first-order valence-electron chi connectivity index (χ1n) is 7.32. The van der Waals surface area contributed by atoms with E-state index in [2.05, 4.69) is 10.6 Å². The van der Waals surface area contributed by atoms with E-state index in [-0.39, 0.29) is 30.0 Å². The lowest BCUT2D eigenvalue weighted by Gasteiger charge is -2.26. The fourth-order valence-corrected chi connectivity index (χ4v) is 2.42. The summed E-state index contributed by atoms with van der Waals surface area (Å²) >= 11 is 5.83. The maximum atomic E-state index is 12.1. The largest absolute Gasteiger partial charge is 0.463 e. The number of ether oxygens (including phenoxy) is 2. The Morgan fingerprint density at radius 2 is 2.00 bits per heavy atom. The fraction of sp³-hybridized carbons (Fsp3) is 0.312. The highest BCUT2D eigenvalue weighted by Crippen LogP contribution is 2.16. The number of hydrogen-bond donors (Lipinski definition) is 2. The maximum Gasteiger partial charge on any atom is 0.338 e. The zero-order chi connectivity index (χ0) is 17.7. The third-order valence-corrected chi connectivity index (χ3v) is 3.51. The minimum Gasteiger partial charge on any atom is -0.463 e. The first kappa shape index (κ1) is 17.8. The normalized spacial score (nSPS) is 17.0. The molecule has 0 unspecified atom stereocenters. The smallest absolute Gasteiger partial charge is 0.338 e. The van der Waals surface area contributed by atoms with Crippen LogP contribution in [0.15, 0.2) is 35.5 Å². The van der Waals surface area contributed by atoms with Crippen molar-refractivity contribution in [2.24, 2.45) is 0 Å². The summed E-state index contributed by atoms with van der Waals surface area (Å²) in [6.07, 6.45) is 0. The molecule has 0 aromatic heterocycles. The maximum absolute atomic E-state index is 12.1. The number of carbonyl (C=O) groups is 3. The van der Waals surface area contributed by atoms with Crippen LogP contribution in [0.25, 0.3) is 0 Å². The SMILES string of the molecule is CCOC(=O)C1=C(COC(=O)c2cccc(Cl)c2)NC(=O)N[C@@H]1C. The number of urea groups is 1. The molecule has 24 heavy (non-hydrogen) atoms. The van der Waals surface area contributed by atoms with Crippen LogP contribution >= 0.6 is 11.6 Å². The Labute approximate surface area is 144 Å². The van der Waals surface area contributed by atoms with E-state index in [9.17, 15) is 14.4 Å². The van der Waals surface area contributed by atoms with E-state index < -0.39 is 24.0 Å². The number of benzene rings is 1. The van der Waals surface area contributed by atoms with Crippen LogP contribution in [0, 0.1) is 0 Å². The van der Waals surface area contributed by atoms with Gasteiger partial charge in [-0.15, -0.1) is 0 Å². The Bertz CT molecular complexity index is 701. The van der Waals surface area contributed by atoms with Crippen LogP contribution in [-0.4, -0.2) is 37.2 Å². The topological polar surface area (TPSA) is 93.7 Å². The van der Waals surface area contributed by atoms with E-state index in [1.165, 1.54) is 6.07 Å². The van der Waals surface area contributed by atoms with Crippen LogP contribution in [0.3, 0.4) is 0 Å². The predicted molar refractivity (Wildman–Crippen MR) is 86.5 cm³/mol. The second kappa shape index (κ2) is 7.83. The number of esters is 2. The van der Waals surface area contributed by atoms with E-state index in [1.807, 2.05) is 0 Å². The van der Waals surface area contributed by atoms with Gasteiger partial charge >= 0.3 is 18.0 Å². The molecule has 0 fully saturated rings. The molecule has 7 nitrogen and oxygen atoms in total. The molecule has 0 radical (unpaired) electrons. The highest BCUT2D eigenvalue weighted by atomic mass is 35.5. The van der Waals surface area contributed by atoms with Crippen molar-refractivity contribution >= 4 is 29.6 Å². The first-order chi connectivity index (χ1) is 11.4. The lowest BCUT2D eigenvalue weighted by atomic mass is 10.0. The molecule has 0 spiro atoms. The summed E-state index contributed by atoms with van der Waals surface area (Å²) in [7, 11) is 0. The summed E-state index contributed by atoms with van der Waals surface area (Å²) in [6, 6.07) is 5.24. The molecule has 2 N–H and O–H groups in total. The van der Waals surface area contributed by atoms with Crippen molar-refractivity contribution in [3.8, 4) is 0 Å². The Balaban J connectivity index is 2.17. The molecule has 0 saturated carbocycles. The molecule has 0 aliphatic carbocycles. The number of nitrogens with one attached hydrogen (secondary N) is 2. The molecule has 2 amide bonds. The van der Waals surface area contributed by atoms with Gasteiger partial charge in [0.2, 0.25) is 0 Å². The van der Waals surface area contributed by atoms with Crippen molar-refractivity contribution in [1.29, 1.82) is 0 Å². The highest BCUT2D eigenvalue weighted by molar-refractivity contribution is 6.30. The highest BCUT2D eigenvalue weighted by Gasteiger charge is 2.30. The molecule has 2 rings (SSSR count). The fourth-order valence-electron chi connectivity index (χ4n) is 2.23. The third-order valence-electron chi connectivity index (χ3n) is 3.27. The molecule has 128 valence electrons. The van der Waals surface area contributed by atoms with Gasteiger partial charge in [0.25, 0.3) is 0 Å². The van der Waals surface area contributed by atoms with Crippen LogP contribution in [0.2, 0.25) is 5.02 Å². The standard InChI is InChI=1S/C16H17ClN2O5/c1-3-23-15(21)13-9(2)18-16(22)19-12(13)8-24-14(20)10-5-4-6-11(17)7-10/h4-7,9H,3,8H2,1-2H3,(H2,18,19,22)/t9-/m1/s1. The molecule has 1 heterocycles. The van der Waals surface area contributed by atoms with Gasteiger partial charge in [-0.1, -0.05) is 17.7 Å². The van der Waals surface area contributed by atoms with Crippen molar-refractivity contribution in [1.82, 2.24) is 10.6 Å². The van der Waals surface area contributed by atoms with Gasteiger partial charge in [0, 0.05) is 5.02 Å². The summed E-state index contributed by atoms with van der Waals surface area (Å²) in [5.41, 5.74) is 0.685. The summed E-state index contributed by atoms with van der Waals surface area (Å²) in [5, 5.41) is 5.44. The monoisotopic (exact) mass is 352 g/mol. The molecule has 1 aromatic rings. The summed E-state index contributed by atoms with van der Waals surface area (Å²) < 4.78 is 10.2. The van der Waals surface area contributed by atoms with Crippen molar-refractivity contribution in [3.05, 3.63) is 46.1 Å². The lowest BCUT2D eigenvalue weighted by molar-refractivity contribution is -0.139. The Morgan fingerprint density at radius 3 is 2.67 bits per heavy atom. The van der Waals surface area contributed by atoms with Gasteiger partial charge in [0.15, 0.2) is 0 Å². The average Bonchev–Trinajstić information content (AvgIpc) is 2.52.